The lowest BCUT2D eigenvalue weighted by molar-refractivity contribution is 0.270. The Morgan fingerprint density at radius 2 is 2.06 bits per heavy atom. The van der Waals surface area contributed by atoms with E-state index in [2.05, 4.69) is 26.7 Å². The highest BCUT2D eigenvalue weighted by atomic mass is 15.3. The Morgan fingerprint density at radius 1 is 1.28 bits per heavy atom. The molecule has 3 N–H and O–H groups in total. The maximum absolute atomic E-state index is 5.78. The van der Waals surface area contributed by atoms with Crippen molar-refractivity contribution in [3.05, 3.63) is 18.2 Å². The van der Waals surface area contributed by atoms with Crippen LogP contribution in [0, 0.1) is 0 Å². The fourth-order valence-electron chi connectivity index (χ4n) is 2.44. The monoisotopic (exact) mass is 245 g/mol. The van der Waals surface area contributed by atoms with E-state index in [-0.39, 0.29) is 0 Å². The SMILES string of the molecule is CCN1CCN(c2nc3ccc(N)cc3[nH]2)CC1. The number of aromatic amines is 1. The first-order chi connectivity index (χ1) is 8.76. The van der Waals surface area contributed by atoms with Crippen molar-refractivity contribution in [3.63, 3.8) is 0 Å². The van der Waals surface area contributed by atoms with Crippen LogP contribution in [0.1, 0.15) is 6.92 Å². The topological polar surface area (TPSA) is 61.2 Å². The van der Waals surface area contributed by atoms with E-state index in [0.717, 1.165) is 55.4 Å². The van der Waals surface area contributed by atoms with Gasteiger partial charge in [0.15, 0.2) is 0 Å². The molecule has 5 nitrogen and oxygen atoms in total. The lowest BCUT2D eigenvalue weighted by Crippen LogP contribution is -2.46. The highest BCUT2D eigenvalue weighted by molar-refractivity contribution is 5.80. The fraction of sp³-hybridized carbons (Fsp3) is 0.462. The van der Waals surface area contributed by atoms with E-state index in [1.54, 1.807) is 0 Å². The zero-order valence-electron chi connectivity index (χ0n) is 10.7. The lowest BCUT2D eigenvalue weighted by atomic mass is 10.3. The zero-order valence-corrected chi connectivity index (χ0v) is 10.7. The minimum absolute atomic E-state index is 0.772. The summed E-state index contributed by atoms with van der Waals surface area (Å²) in [6.07, 6.45) is 0. The number of rotatable bonds is 2. The second-order valence-corrected chi connectivity index (χ2v) is 4.76. The van der Waals surface area contributed by atoms with Gasteiger partial charge in [-0.05, 0) is 24.7 Å². The van der Waals surface area contributed by atoms with Crippen LogP contribution in [0.2, 0.25) is 0 Å². The average molecular weight is 245 g/mol. The van der Waals surface area contributed by atoms with Gasteiger partial charge in [-0.25, -0.2) is 4.98 Å². The van der Waals surface area contributed by atoms with Gasteiger partial charge in [0.05, 0.1) is 11.0 Å². The van der Waals surface area contributed by atoms with Crippen LogP contribution in [0.25, 0.3) is 11.0 Å². The van der Waals surface area contributed by atoms with Gasteiger partial charge in [-0.15, -0.1) is 0 Å². The maximum Gasteiger partial charge on any atom is 0.203 e. The number of aromatic nitrogens is 2. The molecule has 1 saturated heterocycles. The first-order valence-corrected chi connectivity index (χ1v) is 6.49. The number of benzene rings is 1. The second kappa shape index (κ2) is 4.49. The summed E-state index contributed by atoms with van der Waals surface area (Å²) in [6, 6.07) is 5.79. The summed E-state index contributed by atoms with van der Waals surface area (Å²) in [7, 11) is 0. The first-order valence-electron chi connectivity index (χ1n) is 6.49. The number of nitrogens with two attached hydrogens (primary N) is 1. The molecule has 3 rings (SSSR count). The van der Waals surface area contributed by atoms with Gasteiger partial charge in [0.1, 0.15) is 0 Å². The Balaban J connectivity index is 1.82. The Hall–Kier alpha value is -1.75. The summed E-state index contributed by atoms with van der Waals surface area (Å²) in [5.41, 5.74) is 8.55. The van der Waals surface area contributed by atoms with Gasteiger partial charge in [-0.1, -0.05) is 6.92 Å². The van der Waals surface area contributed by atoms with Crippen molar-refractivity contribution in [2.45, 2.75) is 6.92 Å². The van der Waals surface area contributed by atoms with Crippen LogP contribution in [0.15, 0.2) is 18.2 Å². The number of hydrogen-bond donors (Lipinski definition) is 2. The van der Waals surface area contributed by atoms with E-state index < -0.39 is 0 Å². The van der Waals surface area contributed by atoms with E-state index in [9.17, 15) is 0 Å². The number of hydrogen-bond acceptors (Lipinski definition) is 4. The van der Waals surface area contributed by atoms with Crippen LogP contribution in [0.4, 0.5) is 11.6 Å². The van der Waals surface area contributed by atoms with Crippen LogP contribution >= 0.6 is 0 Å². The number of likely N-dealkylation sites (N-methyl/N-ethyl adjacent to an activating group) is 1. The molecule has 0 radical (unpaired) electrons. The summed E-state index contributed by atoms with van der Waals surface area (Å²) in [5.74, 6) is 0.964. The van der Waals surface area contributed by atoms with E-state index in [4.69, 9.17) is 5.73 Å². The number of imidazole rings is 1. The third-order valence-corrected chi connectivity index (χ3v) is 3.61. The molecule has 0 amide bonds. The first kappa shape index (κ1) is 11.3. The molecule has 0 unspecified atom stereocenters. The molecule has 1 aromatic heterocycles. The Morgan fingerprint density at radius 3 is 2.78 bits per heavy atom. The number of nitrogens with one attached hydrogen (secondary N) is 1. The van der Waals surface area contributed by atoms with Gasteiger partial charge in [-0.2, -0.15) is 0 Å². The van der Waals surface area contributed by atoms with Gasteiger partial charge in [-0.3, -0.25) is 0 Å². The highest BCUT2D eigenvalue weighted by Gasteiger charge is 2.18. The molecule has 1 aliphatic heterocycles. The van der Waals surface area contributed by atoms with Crippen molar-refractivity contribution in [2.75, 3.05) is 43.4 Å². The molecule has 1 aliphatic rings. The quantitative estimate of drug-likeness (QED) is 0.783. The van der Waals surface area contributed by atoms with Crippen LogP contribution in [0.5, 0.6) is 0 Å². The zero-order chi connectivity index (χ0) is 12.5. The smallest absolute Gasteiger partial charge is 0.203 e. The number of anilines is 2. The van der Waals surface area contributed by atoms with Crippen molar-refractivity contribution < 1.29 is 0 Å². The van der Waals surface area contributed by atoms with Gasteiger partial charge in [0.25, 0.3) is 0 Å². The molecular formula is C13H19N5. The average Bonchev–Trinajstić information content (AvgIpc) is 2.81. The summed E-state index contributed by atoms with van der Waals surface area (Å²) in [5, 5.41) is 0. The summed E-state index contributed by atoms with van der Waals surface area (Å²) in [6.45, 7) is 7.61. The van der Waals surface area contributed by atoms with Crippen molar-refractivity contribution in [2.24, 2.45) is 0 Å². The summed E-state index contributed by atoms with van der Waals surface area (Å²) < 4.78 is 0. The fourth-order valence-corrected chi connectivity index (χ4v) is 2.44. The number of nitrogens with zero attached hydrogens (tertiary/aromatic N) is 3. The normalized spacial score (nSPS) is 17.5. The van der Waals surface area contributed by atoms with Crippen LogP contribution in [0.3, 0.4) is 0 Å². The maximum atomic E-state index is 5.78. The van der Waals surface area contributed by atoms with Crippen molar-refractivity contribution >= 4 is 22.7 Å². The molecule has 0 bridgehead atoms. The van der Waals surface area contributed by atoms with Gasteiger partial charge in [0, 0.05) is 31.9 Å². The Labute approximate surface area is 107 Å². The number of H-pyrrole nitrogens is 1. The summed E-state index contributed by atoms with van der Waals surface area (Å²) in [4.78, 5) is 12.7. The van der Waals surface area contributed by atoms with Crippen LogP contribution < -0.4 is 10.6 Å². The molecule has 18 heavy (non-hydrogen) atoms. The van der Waals surface area contributed by atoms with Crippen molar-refractivity contribution in [1.29, 1.82) is 0 Å². The molecule has 96 valence electrons. The molecule has 1 aromatic carbocycles. The lowest BCUT2D eigenvalue weighted by Gasteiger charge is -2.33. The predicted molar refractivity (Wildman–Crippen MR) is 74.8 cm³/mol. The van der Waals surface area contributed by atoms with E-state index >= 15 is 0 Å². The number of piperazine rings is 1. The van der Waals surface area contributed by atoms with Gasteiger partial charge >= 0.3 is 0 Å². The largest absolute Gasteiger partial charge is 0.399 e. The molecule has 5 heteroatoms. The molecule has 2 heterocycles. The Bertz CT molecular complexity index is 539. The molecule has 1 fully saturated rings. The molecule has 0 spiro atoms. The molecule has 0 saturated carbocycles. The van der Waals surface area contributed by atoms with Crippen LogP contribution in [-0.4, -0.2) is 47.6 Å². The third kappa shape index (κ3) is 2.01. The molecule has 0 aliphatic carbocycles. The second-order valence-electron chi connectivity index (χ2n) is 4.76. The van der Waals surface area contributed by atoms with E-state index in [1.165, 1.54) is 0 Å². The summed E-state index contributed by atoms with van der Waals surface area (Å²) >= 11 is 0. The van der Waals surface area contributed by atoms with Gasteiger partial charge in [0.2, 0.25) is 5.95 Å². The van der Waals surface area contributed by atoms with Gasteiger partial charge < -0.3 is 20.5 Å². The van der Waals surface area contributed by atoms with Crippen LogP contribution in [-0.2, 0) is 0 Å². The Kier molecular flexibility index (Phi) is 2.83. The molecule has 0 atom stereocenters. The molecule has 2 aromatic rings. The number of nitrogen functional groups attached to an aromatic ring is 1. The van der Waals surface area contributed by atoms with Crippen molar-refractivity contribution in [1.82, 2.24) is 14.9 Å². The number of fused-ring (bicyclic) bond motifs is 1. The highest BCUT2D eigenvalue weighted by Crippen LogP contribution is 2.20. The van der Waals surface area contributed by atoms with E-state index in [1.807, 2.05) is 18.2 Å². The standard InChI is InChI=1S/C13H19N5/c1-2-17-5-7-18(8-6-17)13-15-11-4-3-10(14)9-12(11)16-13/h3-4,9H,2,5-8,14H2,1H3,(H,15,16). The minimum atomic E-state index is 0.772. The van der Waals surface area contributed by atoms with Crippen molar-refractivity contribution in [3.8, 4) is 0 Å². The minimum Gasteiger partial charge on any atom is -0.399 e. The molecular weight excluding hydrogens is 226 g/mol. The van der Waals surface area contributed by atoms with E-state index in [0.29, 0.717) is 0 Å². The predicted octanol–water partition coefficient (Wildman–Crippen LogP) is 1.29. The third-order valence-electron chi connectivity index (χ3n) is 3.61.